The second-order valence-electron chi connectivity index (χ2n) is 7.41. The van der Waals surface area contributed by atoms with Crippen molar-refractivity contribution in [3.63, 3.8) is 0 Å². The Labute approximate surface area is 151 Å². The summed E-state index contributed by atoms with van der Waals surface area (Å²) in [5.74, 6) is -0.00548. The maximum Gasteiger partial charge on any atom is 0.314 e. The molecule has 134 valence electrons. The average Bonchev–Trinajstić information content (AvgIpc) is 2.61. The molecule has 2 heteroatoms. The molecule has 0 aliphatic rings. The summed E-state index contributed by atoms with van der Waals surface area (Å²) in [6.07, 6.45) is 5.64. The van der Waals surface area contributed by atoms with Crippen molar-refractivity contribution in [3.8, 4) is 0 Å². The maximum absolute atomic E-state index is 12.4. The summed E-state index contributed by atoms with van der Waals surface area (Å²) in [6.45, 7) is 4.47. The van der Waals surface area contributed by atoms with Gasteiger partial charge in [-0.25, -0.2) is 0 Å². The zero-order chi connectivity index (χ0) is 18.1. The summed E-state index contributed by atoms with van der Waals surface area (Å²) in [4.78, 5) is 12.4. The van der Waals surface area contributed by atoms with Crippen molar-refractivity contribution < 1.29 is 9.90 Å². The predicted octanol–water partition coefficient (Wildman–Crippen LogP) is 5.86. The molecule has 2 rings (SSSR count). The summed E-state index contributed by atoms with van der Waals surface area (Å²) < 4.78 is 0. The van der Waals surface area contributed by atoms with E-state index in [1.165, 1.54) is 12.8 Å². The number of carbonyl (C=O) groups is 1. The number of unbranched alkanes of at least 4 members (excludes halogenated alkanes) is 2. The molecular formula is C23H30O2. The van der Waals surface area contributed by atoms with Crippen molar-refractivity contribution in [3.05, 3.63) is 71.8 Å². The normalized spacial score (nSPS) is 13.6. The molecule has 0 radical (unpaired) electrons. The zero-order valence-corrected chi connectivity index (χ0v) is 15.4. The highest BCUT2D eigenvalue weighted by Crippen LogP contribution is 2.35. The van der Waals surface area contributed by atoms with Gasteiger partial charge in [-0.1, -0.05) is 100 Å². The molecule has 2 aromatic carbocycles. The molecule has 2 nitrogen and oxygen atoms in total. The number of aliphatic carboxylic acids is 1. The van der Waals surface area contributed by atoms with Gasteiger partial charge in [0.15, 0.2) is 0 Å². The third-order valence-electron chi connectivity index (χ3n) is 4.97. The Morgan fingerprint density at radius 3 is 2.08 bits per heavy atom. The van der Waals surface area contributed by atoms with Gasteiger partial charge < -0.3 is 5.11 Å². The Morgan fingerprint density at radius 1 is 0.920 bits per heavy atom. The van der Waals surface area contributed by atoms with E-state index in [4.69, 9.17) is 0 Å². The van der Waals surface area contributed by atoms with Crippen molar-refractivity contribution in [1.82, 2.24) is 0 Å². The number of benzene rings is 2. The van der Waals surface area contributed by atoms with Gasteiger partial charge in [-0.05, 0) is 29.9 Å². The fraction of sp³-hybridized carbons (Fsp3) is 0.435. The quantitative estimate of drug-likeness (QED) is 0.551. The van der Waals surface area contributed by atoms with Crippen LogP contribution in [0.2, 0.25) is 0 Å². The smallest absolute Gasteiger partial charge is 0.314 e. The molecule has 0 aliphatic carbocycles. The summed E-state index contributed by atoms with van der Waals surface area (Å²) >= 11 is 0. The lowest BCUT2D eigenvalue weighted by Crippen LogP contribution is -2.38. The SMILES string of the molecule is CC(C)CCCCCC(Cc1ccccc1)(C(=O)O)c1ccccc1. The van der Waals surface area contributed by atoms with Crippen molar-refractivity contribution in [2.45, 2.75) is 57.8 Å². The molecule has 0 aliphatic heterocycles. The highest BCUT2D eigenvalue weighted by atomic mass is 16.4. The van der Waals surface area contributed by atoms with E-state index in [9.17, 15) is 9.90 Å². The average molecular weight is 338 g/mol. The second kappa shape index (κ2) is 9.41. The van der Waals surface area contributed by atoms with Crippen LogP contribution >= 0.6 is 0 Å². The van der Waals surface area contributed by atoms with Crippen LogP contribution in [0.25, 0.3) is 0 Å². The molecule has 0 aromatic heterocycles. The molecule has 2 aromatic rings. The number of hydrogen-bond acceptors (Lipinski definition) is 1. The first-order valence-electron chi connectivity index (χ1n) is 9.37. The van der Waals surface area contributed by atoms with Gasteiger partial charge in [0, 0.05) is 0 Å². The summed E-state index contributed by atoms with van der Waals surface area (Å²) in [6, 6.07) is 19.7. The third-order valence-corrected chi connectivity index (χ3v) is 4.97. The molecule has 1 atom stereocenters. The van der Waals surface area contributed by atoms with E-state index in [1.807, 2.05) is 60.7 Å². The summed E-state index contributed by atoms with van der Waals surface area (Å²) in [5, 5.41) is 10.2. The highest BCUT2D eigenvalue weighted by molar-refractivity contribution is 5.82. The standard InChI is InChI=1S/C23H30O2/c1-19(2)12-6-5-11-17-23(22(24)25,21-15-9-4-10-16-21)18-20-13-7-3-8-14-20/h3-4,7-10,13-16,19H,5-6,11-12,17-18H2,1-2H3,(H,24,25). The maximum atomic E-state index is 12.4. The fourth-order valence-electron chi connectivity index (χ4n) is 3.50. The van der Waals surface area contributed by atoms with E-state index in [0.29, 0.717) is 18.8 Å². The minimum Gasteiger partial charge on any atom is -0.481 e. The lowest BCUT2D eigenvalue weighted by molar-refractivity contribution is -0.144. The first kappa shape index (κ1) is 19.2. The Morgan fingerprint density at radius 2 is 1.52 bits per heavy atom. The minimum atomic E-state index is -0.847. The molecule has 1 N–H and O–H groups in total. The van der Waals surface area contributed by atoms with Crippen LogP contribution in [0.4, 0.5) is 0 Å². The largest absolute Gasteiger partial charge is 0.481 e. The van der Waals surface area contributed by atoms with Crippen LogP contribution in [-0.2, 0) is 16.6 Å². The number of hydrogen-bond donors (Lipinski definition) is 1. The van der Waals surface area contributed by atoms with Gasteiger partial charge in [0.05, 0.1) is 5.41 Å². The highest BCUT2D eigenvalue weighted by Gasteiger charge is 2.39. The molecule has 25 heavy (non-hydrogen) atoms. The van der Waals surface area contributed by atoms with E-state index in [2.05, 4.69) is 13.8 Å². The Kier molecular flexibility index (Phi) is 7.24. The topological polar surface area (TPSA) is 37.3 Å². The zero-order valence-electron chi connectivity index (χ0n) is 15.4. The van der Waals surface area contributed by atoms with Crippen molar-refractivity contribution >= 4 is 5.97 Å². The van der Waals surface area contributed by atoms with Crippen molar-refractivity contribution in [2.24, 2.45) is 5.92 Å². The van der Waals surface area contributed by atoms with E-state index in [-0.39, 0.29) is 0 Å². The third kappa shape index (κ3) is 5.45. The van der Waals surface area contributed by atoms with Crippen LogP contribution in [0.15, 0.2) is 60.7 Å². The molecule has 0 heterocycles. The van der Waals surface area contributed by atoms with Crippen LogP contribution in [0.1, 0.15) is 57.1 Å². The predicted molar refractivity (Wildman–Crippen MR) is 104 cm³/mol. The van der Waals surface area contributed by atoms with Crippen molar-refractivity contribution in [1.29, 1.82) is 0 Å². The molecule has 0 saturated heterocycles. The number of carboxylic acids is 1. The van der Waals surface area contributed by atoms with Gasteiger partial charge in [0.25, 0.3) is 0 Å². The Hall–Kier alpha value is -2.09. The summed E-state index contributed by atoms with van der Waals surface area (Å²) in [7, 11) is 0. The van der Waals surface area contributed by atoms with Crippen LogP contribution in [0, 0.1) is 5.92 Å². The van der Waals surface area contributed by atoms with E-state index in [1.54, 1.807) is 0 Å². The Bertz CT molecular complexity index is 634. The second-order valence-corrected chi connectivity index (χ2v) is 7.41. The molecule has 0 bridgehead atoms. The number of rotatable bonds is 10. The first-order valence-corrected chi connectivity index (χ1v) is 9.37. The van der Waals surface area contributed by atoms with Gasteiger partial charge in [0.1, 0.15) is 0 Å². The van der Waals surface area contributed by atoms with Crippen LogP contribution in [-0.4, -0.2) is 11.1 Å². The van der Waals surface area contributed by atoms with E-state index >= 15 is 0 Å². The van der Waals surface area contributed by atoms with E-state index in [0.717, 1.165) is 24.0 Å². The lowest BCUT2D eigenvalue weighted by atomic mass is 9.72. The fourth-order valence-corrected chi connectivity index (χ4v) is 3.50. The molecule has 0 spiro atoms. The minimum absolute atomic E-state index is 0.539. The van der Waals surface area contributed by atoms with Crippen LogP contribution < -0.4 is 0 Å². The summed E-state index contributed by atoms with van der Waals surface area (Å²) in [5.41, 5.74) is 1.15. The van der Waals surface area contributed by atoms with Gasteiger partial charge in [-0.15, -0.1) is 0 Å². The van der Waals surface area contributed by atoms with Gasteiger partial charge in [-0.3, -0.25) is 4.79 Å². The van der Waals surface area contributed by atoms with Gasteiger partial charge >= 0.3 is 5.97 Å². The van der Waals surface area contributed by atoms with Gasteiger partial charge in [-0.2, -0.15) is 0 Å². The van der Waals surface area contributed by atoms with Crippen molar-refractivity contribution in [2.75, 3.05) is 0 Å². The van der Waals surface area contributed by atoms with Crippen LogP contribution in [0.3, 0.4) is 0 Å². The van der Waals surface area contributed by atoms with Crippen LogP contribution in [0.5, 0.6) is 0 Å². The first-order chi connectivity index (χ1) is 12.0. The number of carboxylic acid groups (broad SMARTS) is 1. The molecular weight excluding hydrogens is 308 g/mol. The Balaban J connectivity index is 2.21. The molecule has 0 amide bonds. The monoisotopic (exact) mass is 338 g/mol. The molecule has 0 saturated carbocycles. The molecule has 1 unspecified atom stereocenters. The lowest BCUT2D eigenvalue weighted by Gasteiger charge is -2.30. The van der Waals surface area contributed by atoms with Gasteiger partial charge in [0.2, 0.25) is 0 Å². The molecule has 0 fully saturated rings. The van der Waals surface area contributed by atoms with E-state index < -0.39 is 11.4 Å².